The van der Waals surface area contributed by atoms with E-state index in [1.54, 1.807) is 12.4 Å². The van der Waals surface area contributed by atoms with Gasteiger partial charge in [0.1, 0.15) is 0 Å². The molecule has 0 aliphatic heterocycles. The van der Waals surface area contributed by atoms with Crippen LogP contribution in [0, 0.1) is 0 Å². The Balaban J connectivity index is 2.23. The van der Waals surface area contributed by atoms with Crippen molar-refractivity contribution in [2.45, 2.75) is 0 Å². The van der Waals surface area contributed by atoms with Crippen LogP contribution in [0.5, 0.6) is 0 Å². The number of pyridine rings is 1. The zero-order chi connectivity index (χ0) is 10.5. The van der Waals surface area contributed by atoms with E-state index in [1.165, 1.54) is 12.1 Å². The minimum absolute atomic E-state index is 0.0248. The van der Waals surface area contributed by atoms with Crippen LogP contribution in [0.3, 0.4) is 0 Å². The normalized spacial score (nSPS) is 10.7. The second-order valence-electron chi connectivity index (χ2n) is 3.07. The van der Waals surface area contributed by atoms with Crippen molar-refractivity contribution >= 4 is 11.9 Å². The van der Waals surface area contributed by atoms with Crippen molar-refractivity contribution in [2.75, 3.05) is 0 Å². The highest BCUT2D eigenvalue weighted by Gasteiger charge is 1.88. The minimum atomic E-state index is -0.0248. The molecule has 0 saturated heterocycles. The molecule has 0 spiro atoms. The van der Waals surface area contributed by atoms with E-state index in [-0.39, 0.29) is 5.43 Å². The number of para-hydroxylation sites is 1. The van der Waals surface area contributed by atoms with E-state index in [9.17, 15) is 4.79 Å². The Morgan fingerprint density at radius 2 is 1.93 bits per heavy atom. The first kappa shape index (κ1) is 9.40. The van der Waals surface area contributed by atoms with E-state index >= 15 is 0 Å². The second kappa shape index (κ2) is 4.37. The molecule has 1 aromatic carbocycles. The zero-order valence-corrected chi connectivity index (χ0v) is 8.05. The van der Waals surface area contributed by atoms with Crippen LogP contribution in [-0.4, -0.2) is 11.2 Å². The molecular weight excluding hydrogens is 188 g/mol. The first-order chi connectivity index (χ1) is 7.34. The third-order valence-corrected chi connectivity index (χ3v) is 1.90. The molecule has 0 atom stereocenters. The van der Waals surface area contributed by atoms with Crippen LogP contribution < -0.4 is 5.43 Å². The van der Waals surface area contributed by atoms with Gasteiger partial charge in [0, 0.05) is 18.3 Å². The molecule has 0 aliphatic carbocycles. The molecule has 2 rings (SSSR count). The second-order valence-corrected chi connectivity index (χ2v) is 3.07. The lowest BCUT2D eigenvalue weighted by Crippen LogP contribution is -1.99. The molecule has 0 unspecified atom stereocenters. The van der Waals surface area contributed by atoms with Gasteiger partial charge in [0.05, 0.1) is 17.6 Å². The van der Waals surface area contributed by atoms with Crippen molar-refractivity contribution in [1.82, 2.24) is 4.98 Å². The number of aromatic nitrogens is 1. The molecule has 0 saturated carbocycles. The molecule has 1 aromatic heterocycles. The van der Waals surface area contributed by atoms with Gasteiger partial charge in [0.25, 0.3) is 0 Å². The average molecular weight is 198 g/mol. The quantitative estimate of drug-likeness (QED) is 0.738. The number of aliphatic imine (C=N–C) groups is 1. The predicted octanol–water partition coefficient (Wildman–Crippen LogP) is 2.13. The summed E-state index contributed by atoms with van der Waals surface area (Å²) >= 11 is 0. The van der Waals surface area contributed by atoms with Crippen molar-refractivity contribution in [3.63, 3.8) is 0 Å². The number of nitrogens with zero attached hydrogens (tertiary/aromatic N) is 1. The van der Waals surface area contributed by atoms with Gasteiger partial charge >= 0.3 is 0 Å². The zero-order valence-electron chi connectivity index (χ0n) is 8.05. The monoisotopic (exact) mass is 198 g/mol. The highest BCUT2D eigenvalue weighted by Crippen LogP contribution is 2.08. The third kappa shape index (κ3) is 2.64. The lowest BCUT2D eigenvalue weighted by atomic mass is 10.3. The van der Waals surface area contributed by atoms with Gasteiger partial charge in [0.15, 0.2) is 5.43 Å². The number of hydrogen-bond donors (Lipinski definition) is 1. The first-order valence-electron chi connectivity index (χ1n) is 4.62. The Hall–Kier alpha value is -2.16. The summed E-state index contributed by atoms with van der Waals surface area (Å²) in [6, 6.07) is 12.5. The van der Waals surface area contributed by atoms with E-state index in [0.717, 1.165) is 5.69 Å². The number of hydrogen-bond acceptors (Lipinski definition) is 2. The molecule has 1 heterocycles. The Kier molecular flexibility index (Phi) is 2.74. The molecule has 74 valence electrons. The summed E-state index contributed by atoms with van der Waals surface area (Å²) in [5.74, 6) is 0. The Morgan fingerprint density at radius 1 is 1.13 bits per heavy atom. The fourth-order valence-corrected chi connectivity index (χ4v) is 1.20. The molecule has 15 heavy (non-hydrogen) atoms. The maximum atomic E-state index is 11.0. The number of aromatic amines is 1. The number of nitrogens with one attached hydrogen (secondary N) is 1. The molecule has 1 N–H and O–H groups in total. The van der Waals surface area contributed by atoms with Crippen molar-refractivity contribution in [2.24, 2.45) is 4.99 Å². The van der Waals surface area contributed by atoms with Crippen LogP contribution in [-0.2, 0) is 0 Å². The SMILES string of the molecule is O=c1cc[nH]c(C=Nc2ccccc2)c1. The maximum Gasteiger partial charge on any atom is 0.182 e. The molecule has 2 aromatic rings. The lowest BCUT2D eigenvalue weighted by Gasteiger charge is -1.92. The van der Waals surface area contributed by atoms with Gasteiger partial charge in [-0.2, -0.15) is 0 Å². The molecule has 3 nitrogen and oxygen atoms in total. The smallest absolute Gasteiger partial charge is 0.182 e. The number of rotatable bonds is 2. The molecule has 0 aliphatic rings. The Morgan fingerprint density at radius 3 is 2.67 bits per heavy atom. The summed E-state index contributed by atoms with van der Waals surface area (Å²) in [5, 5.41) is 0. The van der Waals surface area contributed by atoms with E-state index in [0.29, 0.717) is 5.69 Å². The van der Waals surface area contributed by atoms with Gasteiger partial charge < -0.3 is 4.98 Å². The van der Waals surface area contributed by atoms with Gasteiger partial charge in [-0.1, -0.05) is 18.2 Å². The molecular formula is C12H10N2O. The summed E-state index contributed by atoms with van der Waals surface area (Å²) in [4.78, 5) is 18.2. The third-order valence-electron chi connectivity index (χ3n) is 1.90. The molecule has 0 amide bonds. The lowest BCUT2D eigenvalue weighted by molar-refractivity contribution is 1.28. The Labute approximate surface area is 87.1 Å². The van der Waals surface area contributed by atoms with Gasteiger partial charge in [-0.25, -0.2) is 0 Å². The van der Waals surface area contributed by atoms with E-state index in [4.69, 9.17) is 0 Å². The van der Waals surface area contributed by atoms with Gasteiger partial charge in [-0.15, -0.1) is 0 Å². The van der Waals surface area contributed by atoms with Crippen LogP contribution in [0.25, 0.3) is 0 Å². The largest absolute Gasteiger partial charge is 0.360 e. The van der Waals surface area contributed by atoms with Crippen LogP contribution in [0.1, 0.15) is 5.69 Å². The van der Waals surface area contributed by atoms with Gasteiger partial charge in [-0.05, 0) is 12.1 Å². The number of benzene rings is 1. The summed E-state index contributed by atoms with van der Waals surface area (Å²) in [6.07, 6.45) is 3.24. The van der Waals surface area contributed by atoms with Crippen LogP contribution >= 0.6 is 0 Å². The average Bonchev–Trinajstić information content (AvgIpc) is 2.28. The predicted molar refractivity (Wildman–Crippen MR) is 60.8 cm³/mol. The van der Waals surface area contributed by atoms with Gasteiger partial charge in [-0.3, -0.25) is 9.79 Å². The van der Waals surface area contributed by atoms with Crippen molar-refractivity contribution in [3.8, 4) is 0 Å². The van der Waals surface area contributed by atoms with Gasteiger partial charge in [0.2, 0.25) is 0 Å². The molecule has 0 bridgehead atoms. The summed E-state index contributed by atoms with van der Waals surface area (Å²) in [6.45, 7) is 0. The molecule has 3 heteroatoms. The van der Waals surface area contributed by atoms with Crippen molar-refractivity contribution < 1.29 is 0 Å². The van der Waals surface area contributed by atoms with Crippen LogP contribution in [0.4, 0.5) is 5.69 Å². The molecule has 0 radical (unpaired) electrons. The summed E-state index contributed by atoms with van der Waals surface area (Å²) in [5.41, 5.74) is 1.54. The van der Waals surface area contributed by atoms with E-state index in [2.05, 4.69) is 9.98 Å². The summed E-state index contributed by atoms with van der Waals surface area (Å²) < 4.78 is 0. The van der Waals surface area contributed by atoms with Crippen molar-refractivity contribution in [1.29, 1.82) is 0 Å². The van der Waals surface area contributed by atoms with E-state index < -0.39 is 0 Å². The highest BCUT2D eigenvalue weighted by molar-refractivity contribution is 5.79. The highest BCUT2D eigenvalue weighted by atomic mass is 16.1. The standard InChI is InChI=1S/C12H10N2O/c15-12-6-7-13-11(8-12)9-14-10-4-2-1-3-5-10/h1-9H,(H,13,15). The fourth-order valence-electron chi connectivity index (χ4n) is 1.20. The van der Waals surface area contributed by atoms with E-state index in [1.807, 2.05) is 30.3 Å². The minimum Gasteiger partial charge on any atom is -0.360 e. The topological polar surface area (TPSA) is 45.2 Å². The number of H-pyrrole nitrogens is 1. The first-order valence-corrected chi connectivity index (χ1v) is 4.62. The van der Waals surface area contributed by atoms with Crippen molar-refractivity contribution in [3.05, 3.63) is 64.6 Å². The maximum absolute atomic E-state index is 11.0. The fraction of sp³-hybridized carbons (Fsp3) is 0. The summed E-state index contributed by atoms with van der Waals surface area (Å²) in [7, 11) is 0. The molecule has 0 fully saturated rings. The Bertz CT molecular complexity index is 514. The van der Waals surface area contributed by atoms with Crippen LogP contribution in [0.15, 0.2) is 58.4 Å². The van der Waals surface area contributed by atoms with Crippen LogP contribution in [0.2, 0.25) is 0 Å².